The maximum Gasteiger partial charge on any atom is 0.523 e. The first-order valence-electron chi connectivity index (χ1n) is 13.7. The quantitative estimate of drug-likeness (QED) is 0.151. The lowest BCUT2D eigenvalue weighted by Crippen LogP contribution is -2.34. The van der Waals surface area contributed by atoms with Crippen LogP contribution in [0.5, 0.6) is 0 Å². The molecule has 0 N–H and O–H groups in total. The van der Waals surface area contributed by atoms with Crippen molar-refractivity contribution in [3.8, 4) is 12.1 Å². The smallest absolute Gasteiger partial charge is 0.192 e. The largest absolute Gasteiger partial charge is 0.523 e. The van der Waals surface area contributed by atoms with E-state index in [9.17, 15) is 23.7 Å². The minimum Gasteiger partial charge on any atom is -0.192 e. The van der Waals surface area contributed by atoms with Crippen molar-refractivity contribution in [3.05, 3.63) is 138 Å². The Morgan fingerprint density at radius 3 is 1.53 bits per heavy atom. The van der Waals surface area contributed by atoms with E-state index in [1.165, 1.54) is 13.0 Å². The zero-order chi connectivity index (χ0) is 38.5. The van der Waals surface area contributed by atoms with Crippen LogP contribution in [0.25, 0.3) is 20.8 Å². The molecule has 5 rings (SSSR count). The summed E-state index contributed by atoms with van der Waals surface area (Å²) in [5, 5.41) is 14.8. The minimum absolute atomic E-state index is 0.0459. The number of nitriles is 2. The van der Waals surface area contributed by atoms with Gasteiger partial charge in [-0.15, -0.1) is 0 Å². The standard InChI is InChI=1S/C32H15F13N4S2/c1-16-6-4-7-17(10-16)26-24(31(48-2)49-3)13-23-28(26)29(50(36,37,38,39)40)22-12-21(19(14-46)15-47)25(27(22)30(23)51(41,42,43,44)45)18-8-5-9-20(11-18)32(33,34)35/h4-11H,12-13H2,1H3. The normalized spacial score (nSPS) is 17.1. The number of fused-ring (bicyclic) bond motifs is 2. The highest BCUT2D eigenvalue weighted by molar-refractivity contribution is 8.46. The summed E-state index contributed by atoms with van der Waals surface area (Å²) >= 11 is 0. The molecule has 3 aromatic rings. The van der Waals surface area contributed by atoms with Crippen LogP contribution in [0, 0.1) is 42.7 Å². The summed E-state index contributed by atoms with van der Waals surface area (Å²) in [5.74, 6) is -1.23. The molecular formula is C32H15F13N4S2. The molecule has 0 amide bonds. The molecule has 266 valence electrons. The van der Waals surface area contributed by atoms with E-state index in [0.29, 0.717) is 18.2 Å². The van der Waals surface area contributed by atoms with E-state index in [1.54, 1.807) is 0 Å². The number of allylic oxidation sites excluding steroid dienone is 3. The Kier molecular flexibility index (Phi) is 7.16. The SMILES string of the molecule is [C-]#[N+]C([N+]#[C-])=C1Cc2c(S(F)(F)(F)(F)F)c3c(c(S(F)(F)(F)(F)F)c2=C1c1cccc(C)c1)CC(=C(C#N)C#N)C=3c1cccc(C(F)(F)F)c1. The molecule has 3 aromatic carbocycles. The molecule has 0 fully saturated rings. The molecule has 0 atom stereocenters. The van der Waals surface area contributed by atoms with Gasteiger partial charge in [-0.05, 0) is 64.5 Å². The van der Waals surface area contributed by atoms with Crippen LogP contribution in [0.1, 0.15) is 33.4 Å². The summed E-state index contributed by atoms with van der Waals surface area (Å²) in [6, 6.07) is 8.18. The average Bonchev–Trinajstić information content (AvgIpc) is 3.52. The van der Waals surface area contributed by atoms with E-state index in [2.05, 4.69) is 9.69 Å². The number of alkyl halides is 3. The Morgan fingerprint density at radius 1 is 0.686 bits per heavy atom. The second-order valence-electron chi connectivity index (χ2n) is 11.5. The first kappa shape index (κ1) is 36.9. The lowest BCUT2D eigenvalue weighted by molar-refractivity contribution is -0.137. The number of nitrogens with zero attached hydrogens (tertiary/aromatic N) is 4. The number of benzene rings is 3. The molecule has 0 unspecified atom stereocenters. The zero-order valence-corrected chi connectivity index (χ0v) is 26.7. The van der Waals surface area contributed by atoms with Gasteiger partial charge in [0.25, 0.3) is 0 Å². The number of aryl methyl sites for hydroxylation is 1. The van der Waals surface area contributed by atoms with Gasteiger partial charge in [0.15, 0.2) is 0 Å². The summed E-state index contributed by atoms with van der Waals surface area (Å²) in [6.45, 7) is 16.0. The van der Waals surface area contributed by atoms with Crippen LogP contribution < -0.4 is 10.4 Å². The predicted molar refractivity (Wildman–Crippen MR) is 162 cm³/mol. The fourth-order valence-electron chi connectivity index (χ4n) is 6.37. The van der Waals surface area contributed by atoms with Gasteiger partial charge in [0.05, 0.1) is 11.1 Å². The van der Waals surface area contributed by atoms with Gasteiger partial charge >= 0.3 is 32.4 Å². The molecule has 19 heteroatoms. The number of halogens is 13. The summed E-state index contributed by atoms with van der Waals surface area (Å²) in [4.78, 5) is -0.735. The third-order valence-electron chi connectivity index (χ3n) is 7.98. The van der Waals surface area contributed by atoms with E-state index in [4.69, 9.17) is 13.1 Å². The highest BCUT2D eigenvalue weighted by Gasteiger charge is 2.72. The van der Waals surface area contributed by atoms with Crippen LogP contribution in [0.4, 0.5) is 52.0 Å². The van der Waals surface area contributed by atoms with E-state index >= 15 is 38.9 Å². The first-order chi connectivity index (χ1) is 22.9. The van der Waals surface area contributed by atoms with Crippen molar-refractivity contribution in [1.82, 2.24) is 0 Å². The topological polar surface area (TPSA) is 56.3 Å². The molecule has 0 spiro atoms. The molecule has 0 bridgehead atoms. The second-order valence-corrected chi connectivity index (χ2v) is 16.2. The van der Waals surface area contributed by atoms with Crippen LogP contribution in [-0.4, -0.2) is 0 Å². The molecule has 0 saturated carbocycles. The minimum atomic E-state index is -11.5. The maximum absolute atomic E-state index is 15.5. The van der Waals surface area contributed by atoms with E-state index in [-0.39, 0.29) is 11.6 Å². The zero-order valence-electron chi connectivity index (χ0n) is 25.1. The van der Waals surface area contributed by atoms with Crippen molar-refractivity contribution in [2.75, 3.05) is 0 Å². The Labute approximate surface area is 279 Å². The molecular weight excluding hydrogens is 751 g/mol. The fourth-order valence-corrected chi connectivity index (χ4v) is 8.87. The van der Waals surface area contributed by atoms with Crippen molar-refractivity contribution in [2.24, 2.45) is 0 Å². The molecule has 0 heterocycles. The van der Waals surface area contributed by atoms with E-state index in [1.807, 2.05) is 0 Å². The summed E-state index contributed by atoms with van der Waals surface area (Å²) in [7, 11) is -23.0. The van der Waals surface area contributed by atoms with Crippen molar-refractivity contribution in [1.29, 1.82) is 10.5 Å². The lowest BCUT2D eigenvalue weighted by Gasteiger charge is -2.45. The Morgan fingerprint density at radius 2 is 1.12 bits per heavy atom. The van der Waals surface area contributed by atoms with Crippen molar-refractivity contribution < 1.29 is 52.0 Å². The van der Waals surface area contributed by atoms with Gasteiger partial charge in [-0.3, -0.25) is 0 Å². The van der Waals surface area contributed by atoms with Crippen molar-refractivity contribution in [3.63, 3.8) is 0 Å². The van der Waals surface area contributed by atoms with Gasteiger partial charge < -0.3 is 0 Å². The Bertz CT molecular complexity index is 2490. The summed E-state index contributed by atoms with van der Waals surface area (Å²) in [6.07, 6.45) is -8.88. The van der Waals surface area contributed by atoms with Gasteiger partial charge in [0, 0.05) is 16.9 Å². The highest BCUT2D eigenvalue weighted by Crippen LogP contribution is 3.04. The monoisotopic (exact) mass is 766 g/mol. The lowest BCUT2D eigenvalue weighted by atomic mass is 9.94. The maximum atomic E-state index is 15.5. The van der Waals surface area contributed by atoms with Crippen molar-refractivity contribution in [2.45, 2.75) is 35.7 Å². The predicted octanol–water partition coefficient (Wildman–Crippen LogP) is 11.2. The van der Waals surface area contributed by atoms with Gasteiger partial charge in [-0.25, -0.2) is 0 Å². The first-order valence-corrected chi connectivity index (χ1v) is 17.6. The van der Waals surface area contributed by atoms with Crippen LogP contribution in [0.15, 0.2) is 80.9 Å². The molecule has 0 saturated heterocycles. The molecule has 0 radical (unpaired) electrons. The van der Waals surface area contributed by atoms with Gasteiger partial charge in [-0.1, -0.05) is 80.8 Å². The van der Waals surface area contributed by atoms with Gasteiger partial charge in [0.1, 0.15) is 40.6 Å². The molecule has 51 heavy (non-hydrogen) atoms. The fraction of sp³-hybridized carbons (Fsp3) is 0.125. The number of hydrogen-bond donors (Lipinski definition) is 0. The average molecular weight is 767 g/mol. The number of rotatable bonds is 4. The Hall–Kier alpha value is -5.37. The van der Waals surface area contributed by atoms with E-state index in [0.717, 1.165) is 30.3 Å². The number of hydrogen-bond acceptors (Lipinski definition) is 2. The Balaban J connectivity index is 2.34. The van der Waals surface area contributed by atoms with Crippen molar-refractivity contribution >= 4 is 31.6 Å². The van der Waals surface area contributed by atoms with Crippen LogP contribution in [0.3, 0.4) is 0 Å². The molecule has 2 aliphatic rings. The second kappa shape index (κ2) is 9.90. The molecule has 0 aromatic heterocycles. The van der Waals surface area contributed by atoms with Crippen LogP contribution in [-0.2, 0) is 19.0 Å². The van der Waals surface area contributed by atoms with Gasteiger partial charge in [-0.2, -0.15) is 33.4 Å². The molecule has 2 aliphatic carbocycles. The van der Waals surface area contributed by atoms with Crippen LogP contribution >= 0.6 is 20.4 Å². The third kappa shape index (κ3) is 6.39. The molecule has 0 aliphatic heterocycles. The summed E-state index contributed by atoms with van der Waals surface area (Å²) in [5.41, 5.74) is -13.9. The van der Waals surface area contributed by atoms with Gasteiger partial charge in [0.2, 0.25) is 0 Å². The highest BCUT2D eigenvalue weighted by atomic mass is 32.5. The molecule has 4 nitrogen and oxygen atoms in total. The third-order valence-corrected chi connectivity index (χ3v) is 10.4. The summed E-state index contributed by atoms with van der Waals surface area (Å²) < 4.78 is 196. The van der Waals surface area contributed by atoms with E-state index < -0.39 is 121 Å². The van der Waals surface area contributed by atoms with Crippen LogP contribution in [0.2, 0.25) is 0 Å².